The number of amides is 1. The summed E-state index contributed by atoms with van der Waals surface area (Å²) in [7, 11) is 0. The Bertz CT molecular complexity index is 736. The van der Waals surface area contributed by atoms with Crippen LogP contribution in [0.3, 0.4) is 0 Å². The summed E-state index contributed by atoms with van der Waals surface area (Å²) >= 11 is 0. The lowest BCUT2D eigenvalue weighted by Crippen LogP contribution is -2.40. The van der Waals surface area contributed by atoms with Gasteiger partial charge in [-0.15, -0.1) is 0 Å². The van der Waals surface area contributed by atoms with Gasteiger partial charge >= 0.3 is 5.97 Å². The minimum atomic E-state index is -0.816. The summed E-state index contributed by atoms with van der Waals surface area (Å²) in [6, 6.07) is 16.3. The topological polar surface area (TPSA) is 64.6 Å². The maximum atomic E-state index is 12.2. The van der Waals surface area contributed by atoms with Crippen LogP contribution in [0.1, 0.15) is 43.0 Å². The highest BCUT2D eigenvalue weighted by molar-refractivity contribution is 5.92. The van der Waals surface area contributed by atoms with Gasteiger partial charge in [0.25, 0.3) is 5.91 Å². The van der Waals surface area contributed by atoms with Crippen molar-refractivity contribution in [3.05, 3.63) is 60.2 Å². The van der Waals surface area contributed by atoms with Crippen molar-refractivity contribution < 1.29 is 19.1 Å². The van der Waals surface area contributed by atoms with E-state index in [2.05, 4.69) is 5.32 Å². The molecule has 1 atom stereocenters. The first kappa shape index (κ1) is 18.0. The first-order chi connectivity index (χ1) is 12.6. The number of esters is 1. The molecule has 136 valence electrons. The van der Waals surface area contributed by atoms with Crippen molar-refractivity contribution in [3.8, 4) is 11.5 Å². The summed E-state index contributed by atoms with van der Waals surface area (Å²) < 4.78 is 11.0. The van der Waals surface area contributed by atoms with E-state index in [0.717, 1.165) is 31.4 Å². The second-order valence-electron chi connectivity index (χ2n) is 6.48. The molecule has 2 aromatic carbocycles. The lowest BCUT2D eigenvalue weighted by Gasteiger charge is -2.17. The Balaban J connectivity index is 1.53. The normalized spacial score (nSPS) is 15.3. The SMILES string of the molecule is C[C@H](OC(=O)c1ccc(Oc2ccccc2)cc1)C(=O)NC1CCCC1. The number of carbonyl (C=O) groups is 2. The molecule has 0 spiro atoms. The zero-order chi connectivity index (χ0) is 18.4. The molecule has 3 rings (SSSR count). The number of benzene rings is 2. The lowest BCUT2D eigenvalue weighted by atomic mass is 10.2. The third-order valence-corrected chi connectivity index (χ3v) is 4.42. The summed E-state index contributed by atoms with van der Waals surface area (Å²) in [4.78, 5) is 24.3. The molecule has 0 aliphatic heterocycles. The standard InChI is InChI=1S/C21H23NO4/c1-15(20(23)22-17-7-5-6-8-17)25-21(24)16-11-13-19(14-12-16)26-18-9-3-2-4-10-18/h2-4,9-15,17H,5-8H2,1H3,(H,22,23)/t15-/m0/s1. The molecule has 1 saturated carbocycles. The van der Waals surface area contributed by atoms with Gasteiger partial charge in [0.1, 0.15) is 11.5 Å². The van der Waals surface area contributed by atoms with Crippen LogP contribution in [0, 0.1) is 0 Å². The van der Waals surface area contributed by atoms with Crippen molar-refractivity contribution >= 4 is 11.9 Å². The molecule has 0 saturated heterocycles. The first-order valence-corrected chi connectivity index (χ1v) is 8.96. The average Bonchev–Trinajstić information content (AvgIpc) is 3.16. The van der Waals surface area contributed by atoms with Gasteiger partial charge in [-0.05, 0) is 56.2 Å². The fourth-order valence-electron chi connectivity index (χ4n) is 2.95. The van der Waals surface area contributed by atoms with Gasteiger partial charge in [-0.2, -0.15) is 0 Å². The van der Waals surface area contributed by atoms with Crippen LogP contribution in [0.25, 0.3) is 0 Å². The van der Waals surface area contributed by atoms with E-state index in [1.54, 1.807) is 31.2 Å². The molecule has 26 heavy (non-hydrogen) atoms. The van der Waals surface area contributed by atoms with E-state index in [0.29, 0.717) is 11.3 Å². The molecule has 1 aliphatic rings. The molecule has 1 fully saturated rings. The largest absolute Gasteiger partial charge is 0.457 e. The predicted octanol–water partition coefficient (Wildman–Crippen LogP) is 4.08. The van der Waals surface area contributed by atoms with Gasteiger partial charge in [-0.1, -0.05) is 31.0 Å². The monoisotopic (exact) mass is 353 g/mol. The fourth-order valence-corrected chi connectivity index (χ4v) is 2.95. The molecule has 5 nitrogen and oxygen atoms in total. The van der Waals surface area contributed by atoms with E-state index in [-0.39, 0.29) is 11.9 Å². The van der Waals surface area contributed by atoms with Crippen LogP contribution < -0.4 is 10.1 Å². The fraction of sp³-hybridized carbons (Fsp3) is 0.333. The number of hydrogen-bond donors (Lipinski definition) is 1. The zero-order valence-corrected chi connectivity index (χ0v) is 14.8. The summed E-state index contributed by atoms with van der Waals surface area (Å²) in [5.41, 5.74) is 0.380. The van der Waals surface area contributed by atoms with Crippen molar-refractivity contribution in [1.82, 2.24) is 5.32 Å². The molecular weight excluding hydrogens is 330 g/mol. The van der Waals surface area contributed by atoms with E-state index < -0.39 is 12.1 Å². The number of rotatable bonds is 6. The van der Waals surface area contributed by atoms with Gasteiger partial charge in [0, 0.05) is 6.04 Å². The van der Waals surface area contributed by atoms with E-state index in [1.807, 2.05) is 30.3 Å². The van der Waals surface area contributed by atoms with Crippen LogP contribution in [0.15, 0.2) is 54.6 Å². The molecule has 1 N–H and O–H groups in total. The van der Waals surface area contributed by atoms with Crippen molar-refractivity contribution in [1.29, 1.82) is 0 Å². The Morgan fingerprint density at radius 2 is 1.58 bits per heavy atom. The zero-order valence-electron chi connectivity index (χ0n) is 14.8. The minimum absolute atomic E-state index is 0.207. The summed E-state index contributed by atoms with van der Waals surface area (Å²) in [6.07, 6.45) is 3.45. The minimum Gasteiger partial charge on any atom is -0.457 e. The predicted molar refractivity (Wildman–Crippen MR) is 98.2 cm³/mol. The molecule has 0 aromatic heterocycles. The molecule has 0 radical (unpaired) electrons. The van der Waals surface area contributed by atoms with Gasteiger partial charge in [-0.25, -0.2) is 4.79 Å². The van der Waals surface area contributed by atoms with E-state index in [1.165, 1.54) is 0 Å². The average molecular weight is 353 g/mol. The molecule has 0 heterocycles. The molecule has 0 unspecified atom stereocenters. The van der Waals surface area contributed by atoms with Gasteiger partial charge in [0.05, 0.1) is 5.56 Å². The maximum Gasteiger partial charge on any atom is 0.338 e. The molecule has 0 bridgehead atoms. The third kappa shape index (κ3) is 4.85. The van der Waals surface area contributed by atoms with Gasteiger partial charge in [-0.3, -0.25) is 4.79 Å². The van der Waals surface area contributed by atoms with Crippen LogP contribution in [-0.2, 0) is 9.53 Å². The Morgan fingerprint density at radius 1 is 0.962 bits per heavy atom. The summed E-state index contributed by atoms with van der Waals surface area (Å²) in [5, 5.41) is 2.94. The van der Waals surface area contributed by atoms with Crippen molar-refractivity contribution in [2.45, 2.75) is 44.8 Å². The van der Waals surface area contributed by atoms with Gasteiger partial charge in [0.2, 0.25) is 0 Å². The number of carbonyl (C=O) groups excluding carboxylic acids is 2. The van der Waals surface area contributed by atoms with Gasteiger partial charge < -0.3 is 14.8 Å². The first-order valence-electron chi connectivity index (χ1n) is 8.96. The molecule has 5 heteroatoms. The Hall–Kier alpha value is -2.82. The van der Waals surface area contributed by atoms with Gasteiger partial charge in [0.15, 0.2) is 6.10 Å². The van der Waals surface area contributed by atoms with Crippen LogP contribution >= 0.6 is 0 Å². The van der Waals surface area contributed by atoms with E-state index in [9.17, 15) is 9.59 Å². The third-order valence-electron chi connectivity index (χ3n) is 4.42. The summed E-state index contributed by atoms with van der Waals surface area (Å²) in [6.45, 7) is 1.59. The maximum absolute atomic E-state index is 12.2. The molecular formula is C21H23NO4. The Labute approximate surface area is 153 Å². The number of hydrogen-bond acceptors (Lipinski definition) is 4. The van der Waals surface area contributed by atoms with Crippen LogP contribution in [-0.4, -0.2) is 24.0 Å². The smallest absolute Gasteiger partial charge is 0.338 e. The second-order valence-corrected chi connectivity index (χ2v) is 6.48. The molecule has 1 aliphatic carbocycles. The highest BCUT2D eigenvalue weighted by atomic mass is 16.5. The van der Waals surface area contributed by atoms with Crippen LogP contribution in [0.5, 0.6) is 11.5 Å². The van der Waals surface area contributed by atoms with E-state index in [4.69, 9.17) is 9.47 Å². The summed E-state index contributed by atoms with van der Waals surface area (Å²) in [5.74, 6) is 0.583. The number of para-hydroxylation sites is 1. The van der Waals surface area contributed by atoms with Crippen LogP contribution in [0.4, 0.5) is 0 Å². The highest BCUT2D eigenvalue weighted by Gasteiger charge is 2.23. The van der Waals surface area contributed by atoms with E-state index >= 15 is 0 Å². The number of nitrogens with one attached hydrogen (secondary N) is 1. The van der Waals surface area contributed by atoms with Crippen LogP contribution in [0.2, 0.25) is 0 Å². The highest BCUT2D eigenvalue weighted by Crippen LogP contribution is 2.21. The molecule has 2 aromatic rings. The van der Waals surface area contributed by atoms with Crippen molar-refractivity contribution in [2.75, 3.05) is 0 Å². The molecule has 1 amide bonds. The lowest BCUT2D eigenvalue weighted by molar-refractivity contribution is -0.129. The number of ether oxygens (including phenoxy) is 2. The quantitative estimate of drug-likeness (QED) is 0.795. The second kappa shape index (κ2) is 8.52. The Kier molecular flexibility index (Phi) is 5.89. The Morgan fingerprint density at radius 3 is 2.23 bits per heavy atom. The van der Waals surface area contributed by atoms with Crippen molar-refractivity contribution in [3.63, 3.8) is 0 Å². The van der Waals surface area contributed by atoms with Crippen molar-refractivity contribution in [2.24, 2.45) is 0 Å².